The van der Waals surface area contributed by atoms with E-state index in [9.17, 15) is 9.59 Å². The average Bonchev–Trinajstić information content (AvgIpc) is 2.93. The first-order chi connectivity index (χ1) is 9.65. The number of benzene rings is 1. The Bertz CT molecular complexity index is 861. The molecular formula is C13H10N4O3. The Balaban J connectivity index is 2.09. The van der Waals surface area contributed by atoms with Gasteiger partial charge in [0.15, 0.2) is 0 Å². The van der Waals surface area contributed by atoms with Gasteiger partial charge in [0.2, 0.25) is 5.82 Å². The van der Waals surface area contributed by atoms with Gasteiger partial charge in [-0.2, -0.15) is 4.98 Å². The second-order valence-electron chi connectivity index (χ2n) is 4.20. The van der Waals surface area contributed by atoms with Crippen LogP contribution in [0.2, 0.25) is 0 Å². The van der Waals surface area contributed by atoms with Gasteiger partial charge in [-0.25, -0.2) is 4.79 Å². The van der Waals surface area contributed by atoms with Crippen molar-refractivity contribution >= 4 is 0 Å². The van der Waals surface area contributed by atoms with Crippen LogP contribution in [0.3, 0.4) is 0 Å². The number of aromatic nitrogens is 4. The number of nitrogens with one attached hydrogen (secondary N) is 1. The van der Waals surface area contributed by atoms with Gasteiger partial charge >= 0.3 is 5.69 Å². The van der Waals surface area contributed by atoms with Gasteiger partial charge in [-0.15, -0.1) is 0 Å². The molecule has 0 fully saturated rings. The number of rotatable bonds is 2. The van der Waals surface area contributed by atoms with Crippen LogP contribution in [0.4, 0.5) is 0 Å². The standard InChI is InChI=1S/C13H10N4O3/c1-17-7-9(11(18)15-13(17)19)10-14-12(20-16-10)8-5-3-2-4-6-8/h2-7H,1H3,(H,15,18,19). The Morgan fingerprint density at radius 1 is 1.20 bits per heavy atom. The number of hydrogen-bond donors (Lipinski definition) is 1. The SMILES string of the molecule is Cn1cc(-c2noc(-c3ccccc3)n2)c(=O)[nH]c1=O. The fourth-order valence-corrected chi connectivity index (χ4v) is 1.75. The summed E-state index contributed by atoms with van der Waals surface area (Å²) in [4.78, 5) is 29.4. The van der Waals surface area contributed by atoms with E-state index in [-0.39, 0.29) is 11.4 Å². The molecule has 20 heavy (non-hydrogen) atoms. The van der Waals surface area contributed by atoms with Crippen molar-refractivity contribution in [1.82, 2.24) is 19.7 Å². The molecule has 2 aromatic heterocycles. The third-order valence-corrected chi connectivity index (χ3v) is 2.80. The second kappa shape index (κ2) is 4.61. The maximum atomic E-state index is 11.7. The van der Waals surface area contributed by atoms with Crippen molar-refractivity contribution in [3.63, 3.8) is 0 Å². The molecule has 7 nitrogen and oxygen atoms in total. The maximum Gasteiger partial charge on any atom is 0.328 e. The third-order valence-electron chi connectivity index (χ3n) is 2.80. The van der Waals surface area contributed by atoms with Crippen molar-refractivity contribution in [3.05, 3.63) is 57.4 Å². The number of aryl methyl sites for hydroxylation is 1. The van der Waals surface area contributed by atoms with Crippen LogP contribution in [0.5, 0.6) is 0 Å². The Morgan fingerprint density at radius 3 is 2.70 bits per heavy atom. The van der Waals surface area contributed by atoms with Gasteiger partial charge in [0.25, 0.3) is 11.4 Å². The van der Waals surface area contributed by atoms with Crippen molar-refractivity contribution in [3.8, 4) is 22.8 Å². The highest BCUT2D eigenvalue weighted by Gasteiger charge is 2.14. The maximum absolute atomic E-state index is 11.7. The smallest absolute Gasteiger partial charge is 0.328 e. The summed E-state index contributed by atoms with van der Waals surface area (Å²) in [5.41, 5.74) is -0.107. The predicted molar refractivity (Wildman–Crippen MR) is 71.0 cm³/mol. The van der Waals surface area contributed by atoms with Crippen molar-refractivity contribution < 1.29 is 4.52 Å². The van der Waals surface area contributed by atoms with Crippen LogP contribution in [0.15, 0.2) is 50.6 Å². The third kappa shape index (κ3) is 2.05. The summed E-state index contributed by atoms with van der Waals surface area (Å²) in [5, 5.41) is 3.77. The lowest BCUT2D eigenvalue weighted by molar-refractivity contribution is 0.432. The molecule has 100 valence electrons. The lowest BCUT2D eigenvalue weighted by Gasteiger charge is -1.97. The molecule has 0 bridgehead atoms. The molecular weight excluding hydrogens is 260 g/mol. The summed E-state index contributed by atoms with van der Waals surface area (Å²) in [6.45, 7) is 0. The molecule has 2 heterocycles. The molecule has 0 spiro atoms. The molecule has 0 radical (unpaired) electrons. The van der Waals surface area contributed by atoms with Gasteiger partial charge in [0.05, 0.1) is 0 Å². The molecule has 0 atom stereocenters. The summed E-state index contributed by atoms with van der Waals surface area (Å²) < 4.78 is 6.37. The minimum atomic E-state index is -0.548. The monoisotopic (exact) mass is 270 g/mol. The lowest BCUT2D eigenvalue weighted by Crippen LogP contribution is -2.28. The summed E-state index contributed by atoms with van der Waals surface area (Å²) in [7, 11) is 1.53. The van der Waals surface area contributed by atoms with Crippen LogP contribution < -0.4 is 11.2 Å². The normalized spacial score (nSPS) is 10.7. The zero-order chi connectivity index (χ0) is 14.1. The predicted octanol–water partition coefficient (Wildman–Crippen LogP) is 0.791. The molecule has 3 aromatic rings. The summed E-state index contributed by atoms with van der Waals surface area (Å²) in [5.74, 6) is 0.453. The van der Waals surface area contributed by atoms with E-state index in [4.69, 9.17) is 4.52 Å². The molecule has 0 amide bonds. The van der Waals surface area contributed by atoms with Gasteiger partial charge in [-0.3, -0.25) is 9.78 Å². The van der Waals surface area contributed by atoms with Crippen molar-refractivity contribution in [2.45, 2.75) is 0 Å². The molecule has 0 saturated carbocycles. The van der Waals surface area contributed by atoms with Crippen LogP contribution in [0, 0.1) is 0 Å². The number of hydrogen-bond acceptors (Lipinski definition) is 5. The highest BCUT2D eigenvalue weighted by molar-refractivity contribution is 5.58. The largest absolute Gasteiger partial charge is 0.334 e. The average molecular weight is 270 g/mol. The van der Waals surface area contributed by atoms with Gasteiger partial charge in [-0.05, 0) is 12.1 Å². The Labute approximate surface area is 112 Å². The van der Waals surface area contributed by atoms with E-state index in [1.165, 1.54) is 17.8 Å². The first-order valence-corrected chi connectivity index (χ1v) is 5.84. The first-order valence-electron chi connectivity index (χ1n) is 5.84. The van der Waals surface area contributed by atoms with Gasteiger partial charge in [-0.1, -0.05) is 23.4 Å². The molecule has 1 aromatic carbocycles. The zero-order valence-corrected chi connectivity index (χ0v) is 10.5. The zero-order valence-electron chi connectivity index (χ0n) is 10.5. The molecule has 0 saturated heterocycles. The molecule has 7 heteroatoms. The van der Waals surface area contributed by atoms with Gasteiger partial charge in [0, 0.05) is 18.8 Å². The Hall–Kier alpha value is -2.96. The van der Waals surface area contributed by atoms with Crippen LogP contribution in [-0.2, 0) is 7.05 Å². The topological polar surface area (TPSA) is 93.8 Å². The minimum absolute atomic E-state index is 0.140. The van der Waals surface area contributed by atoms with Crippen LogP contribution in [0.1, 0.15) is 0 Å². The summed E-state index contributed by atoms with van der Waals surface area (Å²) >= 11 is 0. The van der Waals surface area contributed by atoms with E-state index in [2.05, 4.69) is 15.1 Å². The van der Waals surface area contributed by atoms with E-state index < -0.39 is 11.2 Å². The number of H-pyrrole nitrogens is 1. The van der Waals surface area contributed by atoms with Crippen LogP contribution in [0.25, 0.3) is 22.8 Å². The van der Waals surface area contributed by atoms with Crippen molar-refractivity contribution in [2.24, 2.45) is 7.05 Å². The van der Waals surface area contributed by atoms with E-state index in [0.717, 1.165) is 5.56 Å². The molecule has 1 N–H and O–H groups in total. The molecule has 0 aliphatic rings. The van der Waals surface area contributed by atoms with Crippen LogP contribution >= 0.6 is 0 Å². The molecule has 0 aliphatic carbocycles. The minimum Gasteiger partial charge on any atom is -0.334 e. The van der Waals surface area contributed by atoms with E-state index in [0.29, 0.717) is 5.89 Å². The van der Waals surface area contributed by atoms with Gasteiger partial charge in [0.1, 0.15) is 5.56 Å². The summed E-state index contributed by atoms with van der Waals surface area (Å²) in [6, 6.07) is 9.21. The second-order valence-corrected chi connectivity index (χ2v) is 4.20. The van der Waals surface area contributed by atoms with Crippen molar-refractivity contribution in [2.75, 3.05) is 0 Å². The fraction of sp³-hybridized carbons (Fsp3) is 0.0769. The first kappa shape index (κ1) is 12.1. The molecule has 0 unspecified atom stereocenters. The highest BCUT2D eigenvalue weighted by atomic mass is 16.5. The van der Waals surface area contributed by atoms with Gasteiger partial charge < -0.3 is 9.09 Å². The molecule has 0 aliphatic heterocycles. The Kier molecular flexibility index (Phi) is 2.79. The summed E-state index contributed by atoms with van der Waals surface area (Å²) in [6.07, 6.45) is 1.38. The lowest BCUT2D eigenvalue weighted by atomic mass is 10.2. The van der Waals surface area contributed by atoms with E-state index in [1.807, 2.05) is 30.3 Å². The van der Waals surface area contributed by atoms with Crippen LogP contribution in [-0.4, -0.2) is 19.7 Å². The molecule has 3 rings (SSSR count). The Morgan fingerprint density at radius 2 is 1.95 bits per heavy atom. The number of nitrogens with zero attached hydrogens (tertiary/aromatic N) is 3. The van der Waals surface area contributed by atoms with E-state index in [1.54, 1.807) is 0 Å². The van der Waals surface area contributed by atoms with E-state index >= 15 is 0 Å². The number of aromatic amines is 1. The fourth-order valence-electron chi connectivity index (χ4n) is 1.75. The highest BCUT2D eigenvalue weighted by Crippen LogP contribution is 2.19. The quantitative estimate of drug-likeness (QED) is 0.743. The van der Waals surface area contributed by atoms with Crippen molar-refractivity contribution in [1.29, 1.82) is 0 Å².